The molecule has 1 fully saturated rings. The fourth-order valence-corrected chi connectivity index (χ4v) is 2.14. The van der Waals surface area contributed by atoms with Gasteiger partial charge < -0.3 is 14.8 Å². The molecule has 3 heteroatoms. The number of hydrogen-bond acceptors (Lipinski definition) is 2. The summed E-state index contributed by atoms with van der Waals surface area (Å²) in [5.74, 6) is 0. The van der Waals surface area contributed by atoms with Gasteiger partial charge in [0.15, 0.2) is 0 Å². The summed E-state index contributed by atoms with van der Waals surface area (Å²) in [6, 6.07) is 2.25. The van der Waals surface area contributed by atoms with Crippen LogP contribution < -0.4 is 5.32 Å². The van der Waals surface area contributed by atoms with Crippen LogP contribution in [0, 0.1) is 6.92 Å². The molecule has 1 aliphatic heterocycles. The van der Waals surface area contributed by atoms with Crippen molar-refractivity contribution >= 4 is 0 Å². The van der Waals surface area contributed by atoms with Gasteiger partial charge in [0.2, 0.25) is 0 Å². The van der Waals surface area contributed by atoms with Crippen LogP contribution in [0.5, 0.6) is 0 Å². The Morgan fingerprint density at radius 3 is 2.67 bits per heavy atom. The monoisotopic (exact) mass is 207 g/mol. The second-order valence-electron chi connectivity index (χ2n) is 4.38. The van der Waals surface area contributed by atoms with Crippen LogP contribution >= 0.6 is 0 Å². The van der Waals surface area contributed by atoms with Crippen molar-refractivity contribution in [3.63, 3.8) is 0 Å². The highest BCUT2D eigenvalue weighted by Crippen LogP contribution is 2.09. The molecular weight excluding hydrogens is 186 g/mol. The molecule has 0 unspecified atom stereocenters. The number of hydrogen-bond donors (Lipinski definition) is 1. The Kier molecular flexibility index (Phi) is 3.44. The van der Waals surface area contributed by atoms with Crippen LogP contribution in [0.3, 0.4) is 0 Å². The lowest BCUT2D eigenvalue weighted by Gasteiger charge is -2.27. The van der Waals surface area contributed by atoms with Crippen molar-refractivity contribution in [1.29, 1.82) is 0 Å². The van der Waals surface area contributed by atoms with E-state index in [1.807, 2.05) is 0 Å². The summed E-state index contributed by atoms with van der Waals surface area (Å²) in [6.07, 6.45) is 3.34. The van der Waals surface area contributed by atoms with E-state index in [0.29, 0.717) is 0 Å². The first-order chi connectivity index (χ1) is 7.27. The standard InChI is InChI=1S/C12H21N3/c1-11-12(3-7-14(11)2)4-8-15-9-5-13-6-10-15/h3,7,13H,4-6,8-10H2,1-2H3. The van der Waals surface area contributed by atoms with E-state index in [0.717, 1.165) is 13.1 Å². The third-order valence-electron chi connectivity index (χ3n) is 3.40. The summed E-state index contributed by atoms with van der Waals surface area (Å²) in [6.45, 7) is 8.10. The molecule has 0 aromatic carbocycles. The Hall–Kier alpha value is -0.800. The van der Waals surface area contributed by atoms with Gasteiger partial charge in [-0.1, -0.05) is 0 Å². The molecule has 3 nitrogen and oxygen atoms in total. The lowest BCUT2D eigenvalue weighted by atomic mass is 10.1. The minimum Gasteiger partial charge on any atom is -0.354 e. The number of nitrogens with one attached hydrogen (secondary N) is 1. The van der Waals surface area contributed by atoms with E-state index in [1.165, 1.54) is 37.3 Å². The largest absolute Gasteiger partial charge is 0.354 e. The normalized spacial score (nSPS) is 18.3. The Morgan fingerprint density at radius 2 is 2.07 bits per heavy atom. The molecule has 0 atom stereocenters. The zero-order valence-electron chi connectivity index (χ0n) is 9.79. The van der Waals surface area contributed by atoms with Crippen molar-refractivity contribution < 1.29 is 0 Å². The van der Waals surface area contributed by atoms with Crippen LogP contribution in [-0.4, -0.2) is 42.2 Å². The highest BCUT2D eigenvalue weighted by molar-refractivity contribution is 5.21. The molecule has 2 rings (SSSR count). The maximum absolute atomic E-state index is 3.38. The van der Waals surface area contributed by atoms with Gasteiger partial charge in [-0.15, -0.1) is 0 Å². The molecule has 0 amide bonds. The number of piperazine rings is 1. The van der Waals surface area contributed by atoms with Crippen molar-refractivity contribution in [2.24, 2.45) is 7.05 Å². The first-order valence-corrected chi connectivity index (χ1v) is 5.81. The minimum atomic E-state index is 1.15. The molecule has 15 heavy (non-hydrogen) atoms. The number of aryl methyl sites for hydroxylation is 1. The van der Waals surface area contributed by atoms with Crippen molar-refractivity contribution in [3.05, 3.63) is 23.5 Å². The number of nitrogens with zero attached hydrogens (tertiary/aromatic N) is 2. The van der Waals surface area contributed by atoms with Crippen LogP contribution in [-0.2, 0) is 13.5 Å². The average Bonchev–Trinajstić information content (AvgIpc) is 2.59. The van der Waals surface area contributed by atoms with E-state index < -0.39 is 0 Å². The van der Waals surface area contributed by atoms with Crippen molar-refractivity contribution in [2.75, 3.05) is 32.7 Å². The van der Waals surface area contributed by atoms with E-state index in [9.17, 15) is 0 Å². The Labute approximate surface area is 92.1 Å². The van der Waals surface area contributed by atoms with Gasteiger partial charge in [-0.25, -0.2) is 0 Å². The summed E-state index contributed by atoms with van der Waals surface area (Å²) >= 11 is 0. The maximum atomic E-state index is 3.38. The van der Waals surface area contributed by atoms with Gasteiger partial charge in [0, 0.05) is 51.7 Å². The lowest BCUT2D eigenvalue weighted by molar-refractivity contribution is 0.244. The molecule has 1 N–H and O–H groups in total. The van der Waals surface area contributed by atoms with Crippen LogP contribution in [0.1, 0.15) is 11.3 Å². The Balaban J connectivity index is 1.84. The van der Waals surface area contributed by atoms with E-state index in [2.05, 4.69) is 41.0 Å². The fraction of sp³-hybridized carbons (Fsp3) is 0.667. The smallest absolute Gasteiger partial charge is 0.0173 e. The molecule has 0 spiro atoms. The number of rotatable bonds is 3. The molecule has 2 heterocycles. The quantitative estimate of drug-likeness (QED) is 0.790. The zero-order chi connectivity index (χ0) is 10.7. The molecule has 0 saturated carbocycles. The van der Waals surface area contributed by atoms with Gasteiger partial charge in [0.25, 0.3) is 0 Å². The lowest BCUT2D eigenvalue weighted by Crippen LogP contribution is -2.44. The molecule has 1 saturated heterocycles. The molecule has 1 aromatic heterocycles. The van der Waals surface area contributed by atoms with Gasteiger partial charge in [-0.3, -0.25) is 0 Å². The summed E-state index contributed by atoms with van der Waals surface area (Å²) in [5.41, 5.74) is 2.90. The van der Waals surface area contributed by atoms with Gasteiger partial charge in [0.05, 0.1) is 0 Å². The number of aromatic nitrogens is 1. The summed E-state index contributed by atoms with van der Waals surface area (Å²) < 4.78 is 2.20. The first kappa shape index (κ1) is 10.7. The second kappa shape index (κ2) is 4.81. The highest BCUT2D eigenvalue weighted by Gasteiger charge is 2.10. The van der Waals surface area contributed by atoms with Crippen LogP contribution in [0.15, 0.2) is 12.3 Å². The van der Waals surface area contributed by atoms with Gasteiger partial charge in [0.1, 0.15) is 0 Å². The topological polar surface area (TPSA) is 20.2 Å². The van der Waals surface area contributed by atoms with Crippen LogP contribution in [0.4, 0.5) is 0 Å². The molecule has 84 valence electrons. The maximum Gasteiger partial charge on any atom is 0.0173 e. The fourth-order valence-electron chi connectivity index (χ4n) is 2.14. The van der Waals surface area contributed by atoms with Gasteiger partial charge >= 0.3 is 0 Å². The third kappa shape index (κ3) is 2.61. The summed E-state index contributed by atoms with van der Waals surface area (Å²) in [7, 11) is 2.11. The van der Waals surface area contributed by atoms with Crippen LogP contribution in [0.25, 0.3) is 0 Å². The predicted octanol–water partition coefficient (Wildman–Crippen LogP) is 0.781. The van der Waals surface area contributed by atoms with E-state index in [-0.39, 0.29) is 0 Å². The second-order valence-corrected chi connectivity index (χ2v) is 4.38. The highest BCUT2D eigenvalue weighted by atomic mass is 15.2. The van der Waals surface area contributed by atoms with Crippen LogP contribution in [0.2, 0.25) is 0 Å². The van der Waals surface area contributed by atoms with Crippen molar-refractivity contribution in [3.8, 4) is 0 Å². The van der Waals surface area contributed by atoms with Crippen molar-refractivity contribution in [2.45, 2.75) is 13.3 Å². The zero-order valence-corrected chi connectivity index (χ0v) is 9.79. The SMILES string of the molecule is Cc1c(CCN2CCNCC2)ccn1C. The van der Waals surface area contributed by atoms with E-state index in [4.69, 9.17) is 0 Å². The molecular formula is C12H21N3. The first-order valence-electron chi connectivity index (χ1n) is 5.81. The third-order valence-corrected chi connectivity index (χ3v) is 3.40. The van der Waals surface area contributed by atoms with E-state index in [1.54, 1.807) is 0 Å². The average molecular weight is 207 g/mol. The minimum absolute atomic E-state index is 1.15. The molecule has 1 aromatic rings. The van der Waals surface area contributed by atoms with Gasteiger partial charge in [-0.05, 0) is 25.0 Å². The molecule has 1 aliphatic rings. The van der Waals surface area contributed by atoms with Crippen molar-refractivity contribution in [1.82, 2.24) is 14.8 Å². The predicted molar refractivity (Wildman–Crippen MR) is 63.2 cm³/mol. The van der Waals surface area contributed by atoms with Gasteiger partial charge in [-0.2, -0.15) is 0 Å². The molecule has 0 radical (unpaired) electrons. The Bertz CT molecular complexity index is 311. The molecule has 0 bridgehead atoms. The molecule has 0 aliphatic carbocycles. The summed E-state index contributed by atoms with van der Waals surface area (Å²) in [5, 5.41) is 3.38. The van der Waals surface area contributed by atoms with E-state index >= 15 is 0 Å². The Morgan fingerprint density at radius 1 is 1.33 bits per heavy atom. The summed E-state index contributed by atoms with van der Waals surface area (Å²) in [4.78, 5) is 2.54.